The predicted octanol–water partition coefficient (Wildman–Crippen LogP) is 5.53. The lowest BCUT2D eigenvalue weighted by molar-refractivity contribution is -0.274. The average Bonchev–Trinajstić information content (AvgIpc) is 3.51. The lowest BCUT2D eigenvalue weighted by atomic mass is 10.00. The van der Waals surface area contributed by atoms with Gasteiger partial charge in [0.25, 0.3) is 0 Å². The molecule has 1 atom stereocenters. The first-order valence-electron chi connectivity index (χ1n) is 10.8. The van der Waals surface area contributed by atoms with Crippen molar-refractivity contribution in [3.63, 3.8) is 0 Å². The molecular formula is C24H20F3N3O5. The molecule has 35 heavy (non-hydrogen) atoms. The van der Waals surface area contributed by atoms with Crippen molar-refractivity contribution in [3.05, 3.63) is 53.7 Å². The minimum absolute atomic E-state index is 0.0473. The third-order valence-corrected chi connectivity index (χ3v) is 6.04. The van der Waals surface area contributed by atoms with Crippen LogP contribution in [0.15, 0.2) is 41.2 Å². The van der Waals surface area contributed by atoms with Crippen LogP contribution in [-0.2, 0) is 4.74 Å². The summed E-state index contributed by atoms with van der Waals surface area (Å²) in [7, 11) is 0. The van der Waals surface area contributed by atoms with Crippen LogP contribution in [0.4, 0.5) is 13.2 Å². The number of carboxylic acid groups (broad SMARTS) is 1. The molecule has 0 radical (unpaired) electrons. The van der Waals surface area contributed by atoms with Crippen molar-refractivity contribution >= 4 is 17.0 Å². The van der Waals surface area contributed by atoms with E-state index >= 15 is 0 Å². The van der Waals surface area contributed by atoms with Gasteiger partial charge in [-0.05, 0) is 44.5 Å². The number of fused-ring (bicyclic) bond motifs is 1. The first kappa shape index (κ1) is 22.9. The predicted molar refractivity (Wildman–Crippen MR) is 118 cm³/mol. The summed E-state index contributed by atoms with van der Waals surface area (Å²) >= 11 is 0. The summed E-state index contributed by atoms with van der Waals surface area (Å²) in [5.41, 5.74) is 2.84. The number of carboxylic acids is 1. The monoisotopic (exact) mass is 487 g/mol. The van der Waals surface area contributed by atoms with Gasteiger partial charge in [0.15, 0.2) is 0 Å². The Labute approximate surface area is 196 Å². The van der Waals surface area contributed by atoms with E-state index in [-0.39, 0.29) is 17.2 Å². The number of ether oxygens (including phenoxy) is 2. The van der Waals surface area contributed by atoms with Gasteiger partial charge in [-0.2, -0.15) is 0 Å². The lowest BCUT2D eigenvalue weighted by Gasteiger charge is -2.14. The minimum Gasteiger partial charge on any atom is -0.478 e. The van der Waals surface area contributed by atoms with E-state index < -0.39 is 18.1 Å². The molecule has 0 spiro atoms. The van der Waals surface area contributed by atoms with Crippen LogP contribution < -0.4 is 4.74 Å². The quantitative estimate of drug-likeness (QED) is 0.395. The van der Waals surface area contributed by atoms with Crippen LogP contribution in [0.5, 0.6) is 5.75 Å². The average molecular weight is 487 g/mol. The summed E-state index contributed by atoms with van der Waals surface area (Å²) in [5.74, 6) is -1.39. The second kappa shape index (κ2) is 8.42. The van der Waals surface area contributed by atoms with Crippen LogP contribution in [-0.4, -0.2) is 45.4 Å². The van der Waals surface area contributed by atoms with Crippen LogP contribution in [0.1, 0.15) is 34.3 Å². The number of aromatic carboxylic acids is 1. The zero-order chi connectivity index (χ0) is 24.9. The Hall–Kier alpha value is -3.86. The van der Waals surface area contributed by atoms with E-state index in [0.29, 0.717) is 46.8 Å². The molecule has 1 aliphatic heterocycles. The highest BCUT2D eigenvalue weighted by atomic mass is 19.4. The summed E-state index contributed by atoms with van der Waals surface area (Å²) in [6, 6.07) is 5.21. The van der Waals surface area contributed by atoms with E-state index in [2.05, 4.69) is 14.9 Å². The van der Waals surface area contributed by atoms with Crippen molar-refractivity contribution in [3.8, 4) is 28.0 Å². The lowest BCUT2D eigenvalue weighted by Crippen LogP contribution is -2.18. The van der Waals surface area contributed by atoms with Crippen molar-refractivity contribution in [1.82, 2.24) is 14.7 Å². The standard InChI is InChI=1S/C24H20F3N3O5/c1-12-21(13(2)35-29-12)15-7-18-19(10-30(22(18)28-9-15)16-5-6-33-11-16)17-4-3-14(23(31)32)8-20(17)34-24(25,26)27/h3-4,7-10,16H,5-6,11H2,1-2H3,(H,31,32)/t16-/m0/s1. The summed E-state index contributed by atoms with van der Waals surface area (Å²) in [4.78, 5) is 16.1. The Morgan fingerprint density at radius 2 is 2.03 bits per heavy atom. The van der Waals surface area contributed by atoms with E-state index in [1.54, 1.807) is 26.2 Å². The maximum atomic E-state index is 13.3. The molecule has 4 aromatic rings. The number of hydrogen-bond acceptors (Lipinski definition) is 6. The summed E-state index contributed by atoms with van der Waals surface area (Å²) in [5, 5.41) is 13.9. The van der Waals surface area contributed by atoms with Gasteiger partial charge in [-0.3, -0.25) is 0 Å². The first-order valence-corrected chi connectivity index (χ1v) is 10.8. The number of aryl methyl sites for hydroxylation is 2. The molecule has 1 N–H and O–H groups in total. The third-order valence-electron chi connectivity index (χ3n) is 6.04. The number of rotatable bonds is 5. The summed E-state index contributed by atoms with van der Waals surface area (Å²) in [6.07, 6.45) is -0.900. The highest BCUT2D eigenvalue weighted by Gasteiger charge is 2.33. The van der Waals surface area contributed by atoms with Gasteiger partial charge in [0.2, 0.25) is 0 Å². The third kappa shape index (κ3) is 4.23. The van der Waals surface area contributed by atoms with Crippen molar-refractivity contribution in [2.24, 2.45) is 0 Å². The fourth-order valence-corrected chi connectivity index (χ4v) is 4.48. The van der Waals surface area contributed by atoms with Gasteiger partial charge in [0, 0.05) is 46.6 Å². The Kier molecular flexibility index (Phi) is 5.51. The topological polar surface area (TPSA) is 99.6 Å². The molecule has 1 fully saturated rings. The van der Waals surface area contributed by atoms with Crippen molar-refractivity contribution in [1.29, 1.82) is 0 Å². The highest BCUT2D eigenvalue weighted by molar-refractivity contribution is 5.99. The molecule has 8 nitrogen and oxygen atoms in total. The number of pyridine rings is 1. The molecule has 182 valence electrons. The molecule has 0 aliphatic carbocycles. The molecule has 4 heterocycles. The van der Waals surface area contributed by atoms with Gasteiger partial charge in [-0.15, -0.1) is 13.2 Å². The van der Waals surface area contributed by atoms with Crippen LogP contribution >= 0.6 is 0 Å². The maximum Gasteiger partial charge on any atom is 0.573 e. The Morgan fingerprint density at radius 3 is 2.66 bits per heavy atom. The molecular weight excluding hydrogens is 467 g/mol. The smallest absolute Gasteiger partial charge is 0.478 e. The highest BCUT2D eigenvalue weighted by Crippen LogP contribution is 2.42. The minimum atomic E-state index is -5.01. The second-order valence-electron chi connectivity index (χ2n) is 8.33. The van der Waals surface area contributed by atoms with Gasteiger partial charge >= 0.3 is 12.3 Å². The van der Waals surface area contributed by atoms with Gasteiger partial charge in [0.1, 0.15) is 17.2 Å². The van der Waals surface area contributed by atoms with E-state index in [4.69, 9.17) is 9.26 Å². The Morgan fingerprint density at radius 1 is 1.23 bits per heavy atom. The maximum absolute atomic E-state index is 13.3. The van der Waals surface area contributed by atoms with Crippen molar-refractivity contribution < 1.29 is 37.1 Å². The van der Waals surface area contributed by atoms with E-state index in [1.165, 1.54) is 12.1 Å². The number of hydrogen-bond donors (Lipinski definition) is 1. The van der Waals surface area contributed by atoms with E-state index in [0.717, 1.165) is 18.1 Å². The number of alkyl halides is 3. The zero-order valence-electron chi connectivity index (χ0n) is 18.7. The SMILES string of the molecule is Cc1noc(C)c1-c1cnc2c(c1)c(-c1ccc(C(=O)O)cc1OC(F)(F)F)cn2[C@H]1CCOC1. The number of nitrogens with zero attached hydrogens (tertiary/aromatic N) is 3. The van der Waals surface area contributed by atoms with Crippen LogP contribution in [0.2, 0.25) is 0 Å². The molecule has 0 unspecified atom stereocenters. The van der Waals surface area contributed by atoms with Crippen molar-refractivity contribution in [2.45, 2.75) is 32.7 Å². The van der Waals surface area contributed by atoms with Crippen LogP contribution in [0, 0.1) is 13.8 Å². The zero-order valence-corrected chi connectivity index (χ0v) is 18.7. The molecule has 0 bridgehead atoms. The van der Waals surface area contributed by atoms with Gasteiger partial charge in [-0.25, -0.2) is 9.78 Å². The number of aromatic nitrogens is 3. The molecule has 3 aromatic heterocycles. The second-order valence-corrected chi connectivity index (χ2v) is 8.33. The van der Waals surface area contributed by atoms with E-state index in [1.807, 2.05) is 10.6 Å². The Balaban J connectivity index is 1.76. The molecule has 11 heteroatoms. The summed E-state index contributed by atoms with van der Waals surface area (Å²) in [6.45, 7) is 4.56. The fourth-order valence-electron chi connectivity index (χ4n) is 4.48. The molecule has 1 aliphatic rings. The molecule has 1 saturated heterocycles. The molecule has 5 rings (SSSR count). The molecule has 0 amide bonds. The Bertz CT molecular complexity index is 1410. The van der Waals surface area contributed by atoms with Gasteiger partial charge < -0.3 is 23.7 Å². The summed E-state index contributed by atoms with van der Waals surface area (Å²) < 4.78 is 56.7. The fraction of sp³-hybridized carbons (Fsp3) is 0.292. The molecule has 0 saturated carbocycles. The van der Waals surface area contributed by atoms with Crippen molar-refractivity contribution in [2.75, 3.05) is 13.2 Å². The van der Waals surface area contributed by atoms with Gasteiger partial charge in [-0.1, -0.05) is 5.16 Å². The van der Waals surface area contributed by atoms with E-state index in [9.17, 15) is 23.1 Å². The molecule has 1 aromatic carbocycles. The number of halogens is 3. The first-order chi connectivity index (χ1) is 16.6. The van der Waals surface area contributed by atoms with Crippen LogP contribution in [0.3, 0.4) is 0 Å². The largest absolute Gasteiger partial charge is 0.573 e. The number of carbonyl (C=O) groups is 1. The normalized spacial score (nSPS) is 16.2. The number of benzene rings is 1. The van der Waals surface area contributed by atoms with Gasteiger partial charge in [0.05, 0.1) is 23.9 Å². The van der Waals surface area contributed by atoms with Crippen LogP contribution in [0.25, 0.3) is 33.3 Å².